The Labute approximate surface area is 140 Å². The molecule has 4 nitrogen and oxygen atoms in total. The third-order valence-electron chi connectivity index (χ3n) is 4.49. The standard InChI is InChI=1S/C16H22F3NO3S/c1-24(22,23)14-4-2-3-13(9-14)20-15(10-21)11-5-7-12(8-6-11)16(17,18)19/h5-8,13-15,20-21H,2-4,9-10H2,1H3. The largest absolute Gasteiger partial charge is 0.416 e. The van der Waals surface area contributed by atoms with Crippen molar-refractivity contribution in [3.05, 3.63) is 35.4 Å². The molecular weight excluding hydrogens is 343 g/mol. The van der Waals surface area contributed by atoms with Gasteiger partial charge in [0.05, 0.1) is 23.5 Å². The second kappa shape index (κ2) is 7.41. The first-order chi connectivity index (χ1) is 11.1. The number of benzene rings is 1. The summed E-state index contributed by atoms with van der Waals surface area (Å²) < 4.78 is 61.2. The van der Waals surface area contributed by atoms with E-state index in [4.69, 9.17) is 0 Å². The molecule has 1 aliphatic carbocycles. The van der Waals surface area contributed by atoms with E-state index in [1.807, 2.05) is 0 Å². The van der Waals surface area contributed by atoms with Gasteiger partial charge in [0.15, 0.2) is 0 Å². The minimum absolute atomic E-state index is 0.0853. The van der Waals surface area contributed by atoms with Gasteiger partial charge in [-0.2, -0.15) is 13.2 Å². The van der Waals surface area contributed by atoms with Crippen molar-refractivity contribution in [2.75, 3.05) is 12.9 Å². The number of aliphatic hydroxyl groups is 1. The van der Waals surface area contributed by atoms with Crippen LogP contribution >= 0.6 is 0 Å². The Morgan fingerprint density at radius 2 is 1.88 bits per heavy atom. The topological polar surface area (TPSA) is 66.4 Å². The highest BCUT2D eigenvalue weighted by Gasteiger charge is 2.32. The van der Waals surface area contributed by atoms with E-state index in [1.165, 1.54) is 18.4 Å². The summed E-state index contributed by atoms with van der Waals surface area (Å²) in [6.45, 7) is -0.272. The van der Waals surface area contributed by atoms with Gasteiger partial charge < -0.3 is 10.4 Å². The van der Waals surface area contributed by atoms with Gasteiger partial charge in [-0.05, 0) is 37.0 Å². The van der Waals surface area contributed by atoms with E-state index in [-0.39, 0.29) is 12.6 Å². The molecule has 0 radical (unpaired) electrons. The zero-order valence-corrected chi connectivity index (χ0v) is 14.2. The number of hydrogen-bond donors (Lipinski definition) is 2. The molecule has 1 saturated carbocycles. The van der Waals surface area contributed by atoms with Crippen LogP contribution in [-0.4, -0.2) is 37.7 Å². The van der Waals surface area contributed by atoms with Gasteiger partial charge in [0.2, 0.25) is 0 Å². The van der Waals surface area contributed by atoms with Crippen LogP contribution in [0.25, 0.3) is 0 Å². The lowest BCUT2D eigenvalue weighted by Crippen LogP contribution is -2.41. The first-order valence-corrected chi connectivity index (χ1v) is 9.79. The molecule has 0 heterocycles. The van der Waals surface area contributed by atoms with Crippen molar-refractivity contribution in [3.63, 3.8) is 0 Å². The molecule has 2 rings (SSSR count). The van der Waals surface area contributed by atoms with Gasteiger partial charge in [0.25, 0.3) is 0 Å². The van der Waals surface area contributed by atoms with E-state index in [0.29, 0.717) is 18.4 Å². The Hall–Kier alpha value is -1.12. The maximum atomic E-state index is 12.6. The monoisotopic (exact) mass is 365 g/mol. The first kappa shape index (κ1) is 19.2. The van der Waals surface area contributed by atoms with Crippen LogP contribution in [0.4, 0.5) is 13.2 Å². The van der Waals surface area contributed by atoms with E-state index < -0.39 is 32.9 Å². The molecule has 1 fully saturated rings. The van der Waals surface area contributed by atoms with Crippen molar-refractivity contribution in [3.8, 4) is 0 Å². The molecule has 0 amide bonds. The Kier molecular flexibility index (Phi) is 5.93. The third kappa shape index (κ3) is 4.94. The van der Waals surface area contributed by atoms with Crippen LogP contribution in [0.1, 0.15) is 42.9 Å². The van der Waals surface area contributed by atoms with Gasteiger partial charge in [-0.25, -0.2) is 8.42 Å². The predicted octanol–water partition coefficient (Wildman–Crippen LogP) is 2.68. The zero-order chi connectivity index (χ0) is 18.0. The molecule has 0 aromatic heterocycles. The van der Waals surface area contributed by atoms with Crippen LogP contribution in [-0.2, 0) is 16.0 Å². The van der Waals surface area contributed by atoms with Crippen LogP contribution < -0.4 is 5.32 Å². The van der Waals surface area contributed by atoms with Crippen molar-refractivity contribution in [1.82, 2.24) is 5.32 Å². The molecule has 2 N–H and O–H groups in total. The van der Waals surface area contributed by atoms with Gasteiger partial charge in [-0.15, -0.1) is 0 Å². The lowest BCUT2D eigenvalue weighted by atomic mass is 9.93. The number of nitrogens with one attached hydrogen (secondary N) is 1. The number of rotatable bonds is 5. The summed E-state index contributed by atoms with van der Waals surface area (Å²) in [4.78, 5) is 0. The Morgan fingerprint density at radius 1 is 1.25 bits per heavy atom. The van der Waals surface area contributed by atoms with Crippen molar-refractivity contribution in [2.24, 2.45) is 0 Å². The highest BCUT2D eigenvalue weighted by molar-refractivity contribution is 7.91. The first-order valence-electron chi connectivity index (χ1n) is 7.84. The average molecular weight is 365 g/mol. The van der Waals surface area contributed by atoms with Crippen molar-refractivity contribution >= 4 is 9.84 Å². The Bertz CT molecular complexity index is 644. The molecule has 0 saturated heterocycles. The summed E-state index contributed by atoms with van der Waals surface area (Å²) in [6.07, 6.45) is -0.549. The Balaban J connectivity index is 2.06. The zero-order valence-electron chi connectivity index (χ0n) is 13.4. The molecule has 24 heavy (non-hydrogen) atoms. The number of hydrogen-bond acceptors (Lipinski definition) is 4. The molecule has 1 aromatic rings. The SMILES string of the molecule is CS(=O)(=O)C1CCCC(NC(CO)c2ccc(C(F)(F)F)cc2)C1. The quantitative estimate of drug-likeness (QED) is 0.842. The van der Waals surface area contributed by atoms with E-state index >= 15 is 0 Å². The van der Waals surface area contributed by atoms with Crippen LogP contribution in [0.5, 0.6) is 0 Å². The third-order valence-corrected chi connectivity index (χ3v) is 6.13. The summed E-state index contributed by atoms with van der Waals surface area (Å²) in [6, 6.07) is 4.05. The number of sulfone groups is 1. The summed E-state index contributed by atoms with van der Waals surface area (Å²) in [7, 11) is -3.12. The molecule has 0 bridgehead atoms. The maximum absolute atomic E-state index is 12.6. The summed E-state index contributed by atoms with van der Waals surface area (Å²) >= 11 is 0. The summed E-state index contributed by atoms with van der Waals surface area (Å²) in [5.74, 6) is 0. The van der Waals surface area contributed by atoms with Crippen molar-refractivity contribution in [2.45, 2.75) is 49.2 Å². The molecule has 0 spiro atoms. The molecule has 136 valence electrons. The van der Waals surface area contributed by atoms with Gasteiger partial charge in [-0.3, -0.25) is 0 Å². The fourth-order valence-corrected chi connectivity index (χ4v) is 4.31. The van der Waals surface area contributed by atoms with E-state index in [9.17, 15) is 26.7 Å². The molecule has 1 aromatic carbocycles. The molecular formula is C16H22F3NO3S. The maximum Gasteiger partial charge on any atom is 0.416 e. The lowest BCUT2D eigenvalue weighted by Gasteiger charge is -2.31. The Morgan fingerprint density at radius 3 is 2.38 bits per heavy atom. The second-order valence-electron chi connectivity index (χ2n) is 6.34. The number of alkyl halides is 3. The normalized spacial score (nSPS) is 23.9. The molecule has 3 unspecified atom stereocenters. The van der Waals surface area contributed by atoms with Gasteiger partial charge in [0, 0.05) is 12.3 Å². The molecule has 8 heteroatoms. The van der Waals surface area contributed by atoms with Crippen LogP contribution in [0.15, 0.2) is 24.3 Å². The molecule has 3 atom stereocenters. The van der Waals surface area contributed by atoms with Crippen molar-refractivity contribution in [1.29, 1.82) is 0 Å². The highest BCUT2D eigenvalue weighted by atomic mass is 32.2. The van der Waals surface area contributed by atoms with Crippen LogP contribution in [0.3, 0.4) is 0 Å². The fourth-order valence-electron chi connectivity index (χ4n) is 3.13. The number of aliphatic hydroxyl groups excluding tert-OH is 1. The van der Waals surface area contributed by atoms with Gasteiger partial charge >= 0.3 is 6.18 Å². The highest BCUT2D eigenvalue weighted by Crippen LogP contribution is 2.30. The van der Waals surface area contributed by atoms with Crippen LogP contribution in [0.2, 0.25) is 0 Å². The number of halogens is 3. The molecule has 0 aliphatic heterocycles. The summed E-state index contributed by atoms with van der Waals surface area (Å²) in [5.41, 5.74) is -0.190. The lowest BCUT2D eigenvalue weighted by molar-refractivity contribution is -0.137. The predicted molar refractivity (Wildman–Crippen MR) is 85.3 cm³/mol. The smallest absolute Gasteiger partial charge is 0.394 e. The van der Waals surface area contributed by atoms with E-state index in [1.54, 1.807) is 0 Å². The fraction of sp³-hybridized carbons (Fsp3) is 0.625. The van der Waals surface area contributed by atoms with Gasteiger partial charge in [0.1, 0.15) is 9.84 Å². The molecule has 1 aliphatic rings. The summed E-state index contributed by atoms with van der Waals surface area (Å²) in [5, 5.41) is 12.3. The second-order valence-corrected chi connectivity index (χ2v) is 8.66. The average Bonchev–Trinajstić information content (AvgIpc) is 2.51. The minimum atomic E-state index is -4.40. The van der Waals surface area contributed by atoms with Gasteiger partial charge in [-0.1, -0.05) is 18.6 Å². The van der Waals surface area contributed by atoms with E-state index in [2.05, 4.69) is 5.32 Å². The van der Waals surface area contributed by atoms with Crippen molar-refractivity contribution < 1.29 is 26.7 Å². The minimum Gasteiger partial charge on any atom is -0.394 e. The van der Waals surface area contributed by atoms with Crippen LogP contribution in [0, 0.1) is 0 Å². The van der Waals surface area contributed by atoms with E-state index in [0.717, 1.165) is 25.0 Å².